The molecule has 0 aliphatic rings. The lowest BCUT2D eigenvalue weighted by atomic mass is 9.89. The Balaban J connectivity index is 3.64. The predicted octanol–water partition coefficient (Wildman–Crippen LogP) is 2.81. The highest BCUT2D eigenvalue weighted by Gasteiger charge is 2.14. The van der Waals surface area contributed by atoms with Crippen LogP contribution in [0.3, 0.4) is 0 Å². The van der Waals surface area contributed by atoms with Gasteiger partial charge in [-0.25, -0.2) is 0 Å². The van der Waals surface area contributed by atoms with Gasteiger partial charge in [0, 0.05) is 20.0 Å². The molecule has 1 unspecified atom stereocenters. The highest BCUT2D eigenvalue weighted by atomic mass is 16.5. The standard InChI is InChI=1S/C11H22O2/c1-9(13-5)8-10(12)6-7-11(2,3)4/h9H,6-8H2,1-5H3. The molecule has 0 saturated heterocycles. The number of carbonyl (C=O) groups is 1. The van der Waals surface area contributed by atoms with Crippen LogP contribution >= 0.6 is 0 Å². The second kappa shape index (κ2) is 5.38. The van der Waals surface area contributed by atoms with Gasteiger partial charge in [0.2, 0.25) is 0 Å². The minimum atomic E-state index is 0.0625. The average molecular weight is 186 g/mol. The Morgan fingerprint density at radius 2 is 1.92 bits per heavy atom. The molecule has 0 aromatic heterocycles. The van der Waals surface area contributed by atoms with E-state index in [2.05, 4.69) is 20.8 Å². The third-order valence-electron chi connectivity index (χ3n) is 2.07. The summed E-state index contributed by atoms with van der Waals surface area (Å²) in [6, 6.07) is 0. The van der Waals surface area contributed by atoms with Crippen LogP contribution in [0.2, 0.25) is 0 Å². The van der Waals surface area contributed by atoms with Gasteiger partial charge < -0.3 is 4.74 Å². The number of methoxy groups -OCH3 is 1. The summed E-state index contributed by atoms with van der Waals surface area (Å²) in [4.78, 5) is 11.4. The maximum Gasteiger partial charge on any atom is 0.135 e. The summed E-state index contributed by atoms with van der Waals surface area (Å²) < 4.78 is 5.03. The number of carbonyl (C=O) groups excluding carboxylic acids is 1. The molecule has 2 nitrogen and oxygen atoms in total. The summed E-state index contributed by atoms with van der Waals surface area (Å²) in [6.07, 6.45) is 2.25. The number of ether oxygens (including phenoxy) is 1. The van der Waals surface area contributed by atoms with Crippen molar-refractivity contribution in [2.45, 2.75) is 53.1 Å². The normalized spacial score (nSPS) is 14.2. The first-order valence-electron chi connectivity index (χ1n) is 4.89. The van der Waals surface area contributed by atoms with Crippen molar-refractivity contribution in [2.75, 3.05) is 7.11 Å². The van der Waals surface area contributed by atoms with Crippen molar-refractivity contribution in [3.8, 4) is 0 Å². The summed E-state index contributed by atoms with van der Waals surface area (Å²) >= 11 is 0. The van der Waals surface area contributed by atoms with E-state index in [4.69, 9.17) is 4.74 Å². The molecule has 0 amide bonds. The third-order valence-corrected chi connectivity index (χ3v) is 2.07. The minimum Gasteiger partial charge on any atom is -0.381 e. The van der Waals surface area contributed by atoms with Crippen molar-refractivity contribution in [1.29, 1.82) is 0 Å². The molecule has 78 valence electrons. The topological polar surface area (TPSA) is 26.3 Å². The molecule has 13 heavy (non-hydrogen) atoms. The van der Waals surface area contributed by atoms with Crippen LogP contribution in [0.4, 0.5) is 0 Å². The smallest absolute Gasteiger partial charge is 0.135 e. The molecule has 0 aliphatic carbocycles. The summed E-state index contributed by atoms with van der Waals surface area (Å²) in [7, 11) is 1.64. The van der Waals surface area contributed by atoms with Crippen LogP contribution < -0.4 is 0 Å². The summed E-state index contributed by atoms with van der Waals surface area (Å²) in [5, 5.41) is 0. The number of rotatable bonds is 5. The maximum atomic E-state index is 11.4. The molecule has 1 atom stereocenters. The van der Waals surface area contributed by atoms with Gasteiger partial charge in [-0.15, -0.1) is 0 Å². The van der Waals surface area contributed by atoms with Gasteiger partial charge in [-0.05, 0) is 18.8 Å². The van der Waals surface area contributed by atoms with E-state index >= 15 is 0 Å². The first-order valence-corrected chi connectivity index (χ1v) is 4.89. The average Bonchev–Trinajstić information content (AvgIpc) is 1.99. The van der Waals surface area contributed by atoms with E-state index in [1.165, 1.54) is 0 Å². The highest BCUT2D eigenvalue weighted by Crippen LogP contribution is 2.21. The van der Waals surface area contributed by atoms with Crippen LogP contribution in [0, 0.1) is 5.41 Å². The fourth-order valence-electron chi connectivity index (χ4n) is 1.02. The molecule has 0 aromatic carbocycles. The lowest BCUT2D eigenvalue weighted by Gasteiger charge is -2.17. The Kier molecular flexibility index (Phi) is 5.23. The van der Waals surface area contributed by atoms with Gasteiger partial charge in [0.05, 0.1) is 6.10 Å². The van der Waals surface area contributed by atoms with Crippen LogP contribution in [0.1, 0.15) is 47.0 Å². The van der Waals surface area contributed by atoms with E-state index in [9.17, 15) is 4.79 Å². The van der Waals surface area contributed by atoms with Crippen molar-refractivity contribution in [3.63, 3.8) is 0 Å². The second-order valence-corrected chi connectivity index (χ2v) is 4.85. The molecule has 0 heterocycles. The molecule has 0 aromatic rings. The van der Waals surface area contributed by atoms with E-state index in [-0.39, 0.29) is 11.5 Å². The van der Waals surface area contributed by atoms with Crippen LogP contribution in [-0.4, -0.2) is 19.0 Å². The summed E-state index contributed by atoms with van der Waals surface area (Å²) in [6.45, 7) is 8.38. The number of Topliss-reactive ketones (excluding diaryl/α,β-unsaturated/α-hetero) is 1. The van der Waals surface area contributed by atoms with Gasteiger partial charge >= 0.3 is 0 Å². The van der Waals surface area contributed by atoms with Crippen LogP contribution in [-0.2, 0) is 9.53 Å². The molecular weight excluding hydrogens is 164 g/mol. The monoisotopic (exact) mass is 186 g/mol. The summed E-state index contributed by atoms with van der Waals surface area (Å²) in [5.74, 6) is 0.310. The molecule has 2 heteroatoms. The van der Waals surface area contributed by atoms with Gasteiger partial charge in [0.25, 0.3) is 0 Å². The minimum absolute atomic E-state index is 0.0625. The molecule has 0 spiro atoms. The van der Waals surface area contributed by atoms with Crippen molar-refractivity contribution in [1.82, 2.24) is 0 Å². The maximum absolute atomic E-state index is 11.4. The highest BCUT2D eigenvalue weighted by molar-refractivity contribution is 5.78. The van der Waals surface area contributed by atoms with Crippen molar-refractivity contribution in [3.05, 3.63) is 0 Å². The fraction of sp³-hybridized carbons (Fsp3) is 0.909. The Morgan fingerprint density at radius 3 is 2.31 bits per heavy atom. The quantitative estimate of drug-likeness (QED) is 0.660. The summed E-state index contributed by atoms with van der Waals surface area (Å²) in [5.41, 5.74) is 0.256. The molecule has 0 aliphatic heterocycles. The Hall–Kier alpha value is -0.370. The zero-order valence-corrected chi connectivity index (χ0v) is 9.52. The molecule has 0 fully saturated rings. The lowest BCUT2D eigenvalue weighted by molar-refractivity contribution is -0.121. The molecule has 0 N–H and O–H groups in total. The molecule has 0 saturated carbocycles. The SMILES string of the molecule is COC(C)CC(=O)CCC(C)(C)C. The van der Waals surface area contributed by atoms with E-state index < -0.39 is 0 Å². The van der Waals surface area contributed by atoms with Crippen molar-refractivity contribution in [2.24, 2.45) is 5.41 Å². The van der Waals surface area contributed by atoms with Crippen LogP contribution in [0.25, 0.3) is 0 Å². The van der Waals surface area contributed by atoms with Crippen molar-refractivity contribution < 1.29 is 9.53 Å². The van der Waals surface area contributed by atoms with Gasteiger partial charge in [-0.1, -0.05) is 20.8 Å². The largest absolute Gasteiger partial charge is 0.381 e. The van der Waals surface area contributed by atoms with E-state index in [1.54, 1.807) is 7.11 Å². The van der Waals surface area contributed by atoms with Crippen LogP contribution in [0.5, 0.6) is 0 Å². The fourth-order valence-corrected chi connectivity index (χ4v) is 1.02. The molecule has 0 bridgehead atoms. The number of ketones is 1. The number of hydrogen-bond acceptors (Lipinski definition) is 2. The van der Waals surface area contributed by atoms with Crippen LogP contribution in [0.15, 0.2) is 0 Å². The molecule has 0 rings (SSSR count). The lowest BCUT2D eigenvalue weighted by Crippen LogP contribution is -2.14. The van der Waals surface area contributed by atoms with E-state index in [1.807, 2.05) is 6.92 Å². The van der Waals surface area contributed by atoms with Crippen molar-refractivity contribution >= 4 is 5.78 Å². The first kappa shape index (κ1) is 12.6. The first-order chi connectivity index (χ1) is 5.85. The molecular formula is C11H22O2. The van der Waals surface area contributed by atoms with Gasteiger partial charge in [0.1, 0.15) is 5.78 Å². The van der Waals surface area contributed by atoms with Gasteiger partial charge in [-0.2, -0.15) is 0 Å². The van der Waals surface area contributed by atoms with E-state index in [0.29, 0.717) is 18.6 Å². The third kappa shape index (κ3) is 7.97. The van der Waals surface area contributed by atoms with E-state index in [0.717, 1.165) is 6.42 Å². The van der Waals surface area contributed by atoms with Gasteiger partial charge in [-0.3, -0.25) is 4.79 Å². The Bertz CT molecular complexity index is 156. The zero-order chi connectivity index (χ0) is 10.5. The second-order valence-electron chi connectivity index (χ2n) is 4.85. The molecule has 0 radical (unpaired) electrons. The predicted molar refractivity (Wildman–Crippen MR) is 54.8 cm³/mol. The Labute approximate surface area is 81.7 Å². The van der Waals surface area contributed by atoms with Gasteiger partial charge in [0.15, 0.2) is 0 Å². The zero-order valence-electron chi connectivity index (χ0n) is 9.52. The Morgan fingerprint density at radius 1 is 1.38 bits per heavy atom. The number of hydrogen-bond donors (Lipinski definition) is 0.